The second-order valence-electron chi connectivity index (χ2n) is 5.75. The Kier molecular flexibility index (Phi) is 3.15. The zero-order chi connectivity index (χ0) is 14.5. The predicted molar refractivity (Wildman–Crippen MR) is 73.1 cm³/mol. The van der Waals surface area contributed by atoms with Crippen LogP contribution in [-0.2, 0) is 23.5 Å². The van der Waals surface area contributed by atoms with Gasteiger partial charge in [0.15, 0.2) is 14.1 Å². The van der Waals surface area contributed by atoms with Gasteiger partial charge >= 0.3 is 11.9 Å². The summed E-state index contributed by atoms with van der Waals surface area (Å²) in [5.74, 6) is -3.19. The Labute approximate surface area is 119 Å². The van der Waals surface area contributed by atoms with Gasteiger partial charge in [0.05, 0.1) is 6.10 Å². The molecule has 6 heteroatoms. The van der Waals surface area contributed by atoms with Crippen LogP contribution < -0.4 is 0 Å². The van der Waals surface area contributed by atoms with Crippen LogP contribution in [0.25, 0.3) is 0 Å². The fourth-order valence-corrected chi connectivity index (χ4v) is 6.42. The van der Waals surface area contributed by atoms with E-state index in [9.17, 15) is 9.59 Å². The summed E-state index contributed by atoms with van der Waals surface area (Å²) in [4.78, 5) is 23.8. The van der Waals surface area contributed by atoms with Crippen LogP contribution in [0.4, 0.5) is 0 Å². The number of ether oxygens (including phenoxy) is 2. The van der Waals surface area contributed by atoms with Gasteiger partial charge in [-0.3, -0.25) is 9.59 Å². The maximum Gasteiger partial charge on any atom is 0.323 e. The second-order valence-corrected chi connectivity index (χ2v) is 10.4. The Morgan fingerprint density at radius 1 is 1.20 bits per heavy atom. The molecule has 0 radical (unpaired) electrons. The zero-order valence-electron chi connectivity index (χ0n) is 12.0. The van der Waals surface area contributed by atoms with E-state index in [0.29, 0.717) is 0 Å². The molecule has 3 heterocycles. The van der Waals surface area contributed by atoms with Crippen molar-refractivity contribution in [2.75, 3.05) is 0 Å². The summed E-state index contributed by atoms with van der Waals surface area (Å²) in [6, 6.07) is 2.89. The number of carbonyl (C=O) groups is 2. The normalized spacial score (nSPS) is 38.5. The van der Waals surface area contributed by atoms with Gasteiger partial charge in [-0.05, 0) is 24.2 Å². The van der Waals surface area contributed by atoms with Crippen molar-refractivity contribution in [3.63, 3.8) is 0 Å². The number of hydrogen-bond acceptors (Lipinski definition) is 5. The number of esters is 2. The largest absolute Gasteiger partial charge is 0.392 e. The van der Waals surface area contributed by atoms with Gasteiger partial charge in [0.25, 0.3) is 0 Å². The minimum atomic E-state index is -1.96. The van der Waals surface area contributed by atoms with Gasteiger partial charge in [-0.1, -0.05) is 26.8 Å². The molecule has 0 aromatic carbocycles. The Morgan fingerprint density at radius 3 is 2.45 bits per heavy atom. The summed E-state index contributed by atoms with van der Waals surface area (Å²) in [5, 5.41) is 0. The molecule has 0 aromatic heterocycles. The quantitative estimate of drug-likeness (QED) is 0.336. The lowest BCUT2D eigenvalue weighted by atomic mass is 9.83. The van der Waals surface area contributed by atoms with Gasteiger partial charge in [0.1, 0.15) is 11.8 Å². The minimum absolute atomic E-state index is 0.379. The first kappa shape index (κ1) is 14.0. The highest BCUT2D eigenvalue weighted by Crippen LogP contribution is 2.53. The number of hydrogen-bond donors (Lipinski definition) is 0. The molecule has 2 fully saturated rings. The first-order valence-electron chi connectivity index (χ1n) is 7.33. The Balaban J connectivity index is 1.95. The van der Waals surface area contributed by atoms with Gasteiger partial charge < -0.3 is 13.9 Å². The van der Waals surface area contributed by atoms with E-state index in [4.69, 9.17) is 13.9 Å². The number of fused-ring (bicyclic) bond motifs is 5. The van der Waals surface area contributed by atoms with Gasteiger partial charge in [0, 0.05) is 0 Å². The molecule has 3 aliphatic heterocycles. The van der Waals surface area contributed by atoms with Crippen molar-refractivity contribution in [1.29, 1.82) is 0 Å². The highest BCUT2D eigenvalue weighted by atomic mass is 28.4. The van der Waals surface area contributed by atoms with Crippen LogP contribution in [-0.4, -0.2) is 32.1 Å². The van der Waals surface area contributed by atoms with Crippen LogP contribution in [0.1, 0.15) is 20.8 Å². The predicted octanol–water partition coefficient (Wildman–Crippen LogP) is 1.99. The summed E-state index contributed by atoms with van der Waals surface area (Å²) < 4.78 is 17.1. The van der Waals surface area contributed by atoms with Crippen molar-refractivity contribution < 1.29 is 23.5 Å². The average molecular weight is 296 g/mol. The third-order valence-electron chi connectivity index (χ3n) is 5.02. The van der Waals surface area contributed by atoms with Crippen molar-refractivity contribution >= 4 is 20.3 Å². The number of cyclic esters (lactones) is 2. The summed E-state index contributed by atoms with van der Waals surface area (Å²) in [5.41, 5.74) is 0. The Bertz CT molecular complexity index is 476. The topological polar surface area (TPSA) is 61.8 Å². The van der Waals surface area contributed by atoms with Gasteiger partial charge in [-0.25, -0.2) is 0 Å². The number of carbonyl (C=O) groups excluding carboxylic acids is 2. The van der Waals surface area contributed by atoms with E-state index in [-0.39, 0.29) is 6.10 Å². The van der Waals surface area contributed by atoms with E-state index >= 15 is 0 Å². The highest BCUT2D eigenvalue weighted by Gasteiger charge is 2.69. The summed E-state index contributed by atoms with van der Waals surface area (Å²) in [6.45, 7) is 6.36. The lowest BCUT2D eigenvalue weighted by Gasteiger charge is -2.38. The fourth-order valence-electron chi connectivity index (χ4n) is 3.57. The van der Waals surface area contributed by atoms with E-state index in [1.165, 1.54) is 0 Å². The molecule has 0 N–H and O–H groups in total. The van der Waals surface area contributed by atoms with Gasteiger partial charge in [0.2, 0.25) is 0 Å². The molecule has 0 unspecified atom stereocenters. The molecule has 0 amide bonds. The second kappa shape index (κ2) is 4.51. The van der Waals surface area contributed by atoms with Crippen molar-refractivity contribution in [2.24, 2.45) is 11.8 Å². The van der Waals surface area contributed by atoms with E-state index in [0.717, 1.165) is 18.1 Å². The molecule has 2 saturated heterocycles. The molecule has 0 saturated carbocycles. The average Bonchev–Trinajstić information content (AvgIpc) is 3.08. The molecule has 0 aromatic rings. The van der Waals surface area contributed by atoms with E-state index < -0.39 is 37.9 Å². The third kappa shape index (κ3) is 1.68. The summed E-state index contributed by atoms with van der Waals surface area (Å²) in [6.07, 6.45) is 3.28. The molecular formula is C14H20O5Si. The standard InChI is InChI=1S/C14H20O5Si/c1-4-20(5-2,6-3)19-14-8-7-9(18-14)10-11(14)13(16)17-12(10)15/h7-11H,4-6H2,1-3H3/t9-,10-,11+,14-/m1/s1. The van der Waals surface area contributed by atoms with Crippen molar-refractivity contribution in [3.8, 4) is 0 Å². The number of rotatable bonds is 5. The first-order chi connectivity index (χ1) is 9.51. The third-order valence-corrected chi connectivity index (χ3v) is 9.64. The van der Waals surface area contributed by atoms with Gasteiger partial charge in [-0.2, -0.15) is 0 Å². The van der Waals surface area contributed by atoms with E-state index in [2.05, 4.69) is 20.8 Å². The van der Waals surface area contributed by atoms with Crippen molar-refractivity contribution in [2.45, 2.75) is 50.8 Å². The van der Waals surface area contributed by atoms with Crippen LogP contribution in [0, 0.1) is 11.8 Å². The van der Waals surface area contributed by atoms with Crippen LogP contribution in [0.3, 0.4) is 0 Å². The molecule has 20 heavy (non-hydrogen) atoms. The summed E-state index contributed by atoms with van der Waals surface area (Å²) in [7, 11) is -1.96. The molecular weight excluding hydrogens is 276 g/mol. The molecule has 5 nitrogen and oxygen atoms in total. The molecule has 4 atom stereocenters. The lowest BCUT2D eigenvalue weighted by molar-refractivity contribution is -0.174. The van der Waals surface area contributed by atoms with Gasteiger partial charge in [-0.15, -0.1) is 0 Å². The van der Waals surface area contributed by atoms with Crippen LogP contribution in [0.5, 0.6) is 0 Å². The maximum atomic E-state index is 12.0. The smallest absolute Gasteiger partial charge is 0.323 e. The highest BCUT2D eigenvalue weighted by molar-refractivity contribution is 6.73. The Morgan fingerprint density at radius 2 is 1.85 bits per heavy atom. The molecule has 3 aliphatic rings. The molecule has 0 spiro atoms. The monoisotopic (exact) mass is 296 g/mol. The van der Waals surface area contributed by atoms with E-state index in [1.807, 2.05) is 12.2 Å². The van der Waals surface area contributed by atoms with Crippen molar-refractivity contribution in [3.05, 3.63) is 12.2 Å². The van der Waals surface area contributed by atoms with Crippen LogP contribution >= 0.6 is 0 Å². The summed E-state index contributed by atoms with van der Waals surface area (Å²) >= 11 is 0. The lowest BCUT2D eigenvalue weighted by Crippen LogP contribution is -2.50. The SMILES string of the molecule is CC[Si](CC)(CC)O[C@@]12C=C[C@@H](O1)[C@H]1C(=O)OC(=O)[C@H]12. The minimum Gasteiger partial charge on any atom is -0.392 e. The molecule has 3 rings (SSSR count). The maximum absolute atomic E-state index is 12.0. The van der Waals surface area contributed by atoms with Crippen molar-refractivity contribution in [1.82, 2.24) is 0 Å². The zero-order valence-corrected chi connectivity index (χ0v) is 13.0. The Hall–Kier alpha value is -0.983. The van der Waals surface area contributed by atoms with E-state index in [1.54, 1.807) is 0 Å². The molecule has 2 bridgehead atoms. The van der Waals surface area contributed by atoms with Crippen LogP contribution in [0.2, 0.25) is 18.1 Å². The van der Waals surface area contributed by atoms with Crippen LogP contribution in [0.15, 0.2) is 12.2 Å². The molecule has 0 aliphatic carbocycles. The fraction of sp³-hybridized carbons (Fsp3) is 0.714. The first-order valence-corrected chi connectivity index (χ1v) is 9.86. The molecule has 110 valence electrons.